The number of unbranched alkanes of at least 4 members (excludes halogenated alkanes) is 1. The molecule has 1 aromatic carbocycles. The molecule has 0 radical (unpaired) electrons. The fraction of sp³-hybridized carbons (Fsp3) is 0.600. The zero-order chi connectivity index (χ0) is 12.8. The second-order valence-electron chi connectivity index (χ2n) is 5.15. The smallest absolute Gasteiger partial charge is 0.103 e. The Kier molecular flexibility index (Phi) is 4.75. The van der Waals surface area contributed by atoms with E-state index in [1.54, 1.807) is 0 Å². The minimum Gasteiger partial charge on any atom is -0.396 e. The zero-order valence-corrected chi connectivity index (χ0v) is 11.1. The Morgan fingerprint density at radius 3 is 2.78 bits per heavy atom. The predicted molar refractivity (Wildman–Crippen MR) is 72.5 cm³/mol. The highest BCUT2D eigenvalue weighted by Crippen LogP contribution is 2.29. The lowest BCUT2D eigenvalue weighted by Gasteiger charge is -2.41. The van der Waals surface area contributed by atoms with E-state index in [0.29, 0.717) is 6.61 Å². The fourth-order valence-corrected chi connectivity index (χ4v) is 2.55. The Morgan fingerprint density at radius 1 is 1.28 bits per heavy atom. The molecule has 0 aliphatic carbocycles. The predicted octanol–water partition coefficient (Wildman–Crippen LogP) is 2.01. The first-order valence-electron chi connectivity index (χ1n) is 6.77. The maximum atomic E-state index is 8.83. The van der Waals surface area contributed by atoms with E-state index in [0.717, 1.165) is 39.1 Å². The molecule has 1 aromatic rings. The largest absolute Gasteiger partial charge is 0.396 e. The van der Waals surface area contributed by atoms with E-state index in [1.807, 2.05) is 6.07 Å². The van der Waals surface area contributed by atoms with Gasteiger partial charge in [-0.2, -0.15) is 0 Å². The third kappa shape index (κ3) is 3.31. The molecule has 1 aliphatic heterocycles. The number of morpholine rings is 1. The molecule has 100 valence electrons. The number of hydrogen-bond donors (Lipinski definition) is 1. The van der Waals surface area contributed by atoms with Crippen molar-refractivity contribution in [3.63, 3.8) is 0 Å². The number of benzene rings is 1. The Hall–Kier alpha value is -0.900. The summed E-state index contributed by atoms with van der Waals surface area (Å²) >= 11 is 0. The summed E-state index contributed by atoms with van der Waals surface area (Å²) in [5, 5.41) is 8.83. The summed E-state index contributed by atoms with van der Waals surface area (Å²) in [6.45, 7) is 6.22. The van der Waals surface area contributed by atoms with Crippen molar-refractivity contribution in [2.75, 3.05) is 32.8 Å². The summed E-state index contributed by atoms with van der Waals surface area (Å²) in [6, 6.07) is 10.4. The lowest BCUT2D eigenvalue weighted by molar-refractivity contribution is -0.103. The van der Waals surface area contributed by atoms with Gasteiger partial charge in [0.05, 0.1) is 6.61 Å². The van der Waals surface area contributed by atoms with Crippen LogP contribution < -0.4 is 0 Å². The molecular formula is C15H23NO2. The summed E-state index contributed by atoms with van der Waals surface area (Å²) in [5.41, 5.74) is 1.05. The topological polar surface area (TPSA) is 32.7 Å². The summed E-state index contributed by atoms with van der Waals surface area (Å²) in [7, 11) is 0. The lowest BCUT2D eigenvalue weighted by Crippen LogP contribution is -2.48. The van der Waals surface area contributed by atoms with E-state index in [1.165, 1.54) is 5.56 Å². The normalized spacial score (nSPS) is 25.2. The van der Waals surface area contributed by atoms with Gasteiger partial charge in [0.15, 0.2) is 0 Å². The van der Waals surface area contributed by atoms with Crippen molar-refractivity contribution in [2.45, 2.75) is 25.4 Å². The van der Waals surface area contributed by atoms with Crippen LogP contribution in [0.5, 0.6) is 0 Å². The van der Waals surface area contributed by atoms with Gasteiger partial charge in [0, 0.05) is 19.7 Å². The second kappa shape index (κ2) is 6.32. The molecule has 0 saturated carbocycles. The maximum absolute atomic E-state index is 8.83. The SMILES string of the molecule is CC1(c2ccccc2)CN(CCCCO)CCO1. The molecule has 0 aromatic heterocycles. The number of aliphatic hydroxyl groups excluding tert-OH is 1. The summed E-state index contributed by atoms with van der Waals surface area (Å²) < 4.78 is 6.00. The number of hydrogen-bond acceptors (Lipinski definition) is 3. The second-order valence-corrected chi connectivity index (χ2v) is 5.15. The van der Waals surface area contributed by atoms with Crippen LogP contribution in [0.25, 0.3) is 0 Å². The van der Waals surface area contributed by atoms with E-state index in [-0.39, 0.29) is 5.60 Å². The molecule has 1 fully saturated rings. The van der Waals surface area contributed by atoms with E-state index in [2.05, 4.69) is 36.1 Å². The van der Waals surface area contributed by atoms with Crippen LogP contribution in [0.2, 0.25) is 0 Å². The minimum absolute atomic E-state index is 0.196. The lowest BCUT2D eigenvalue weighted by atomic mass is 9.94. The van der Waals surface area contributed by atoms with Gasteiger partial charge in [0.2, 0.25) is 0 Å². The molecule has 0 amide bonds. The molecule has 1 saturated heterocycles. The van der Waals surface area contributed by atoms with Crippen molar-refractivity contribution < 1.29 is 9.84 Å². The molecule has 0 bridgehead atoms. The van der Waals surface area contributed by atoms with Crippen LogP contribution in [0, 0.1) is 0 Å². The molecule has 2 rings (SSSR count). The first kappa shape index (κ1) is 13.5. The van der Waals surface area contributed by atoms with Crippen molar-refractivity contribution in [1.29, 1.82) is 0 Å². The van der Waals surface area contributed by atoms with Crippen molar-refractivity contribution in [1.82, 2.24) is 4.90 Å². The van der Waals surface area contributed by atoms with Gasteiger partial charge in [0.25, 0.3) is 0 Å². The van der Waals surface area contributed by atoms with Crippen molar-refractivity contribution in [2.24, 2.45) is 0 Å². The molecule has 18 heavy (non-hydrogen) atoms. The molecule has 1 N–H and O–H groups in total. The summed E-state index contributed by atoms with van der Waals surface area (Å²) in [6.07, 6.45) is 1.95. The highest BCUT2D eigenvalue weighted by atomic mass is 16.5. The van der Waals surface area contributed by atoms with E-state index in [9.17, 15) is 0 Å². The van der Waals surface area contributed by atoms with Gasteiger partial charge < -0.3 is 9.84 Å². The average molecular weight is 249 g/mol. The first-order chi connectivity index (χ1) is 8.74. The Morgan fingerprint density at radius 2 is 2.06 bits per heavy atom. The van der Waals surface area contributed by atoms with Crippen LogP contribution >= 0.6 is 0 Å². The van der Waals surface area contributed by atoms with Gasteiger partial charge in [-0.15, -0.1) is 0 Å². The third-order valence-corrected chi connectivity index (χ3v) is 3.62. The Bertz CT molecular complexity index is 355. The van der Waals surface area contributed by atoms with Gasteiger partial charge >= 0.3 is 0 Å². The summed E-state index contributed by atoms with van der Waals surface area (Å²) in [5.74, 6) is 0. The highest BCUT2D eigenvalue weighted by molar-refractivity contribution is 5.22. The molecule has 1 unspecified atom stereocenters. The molecule has 1 heterocycles. The molecule has 3 nitrogen and oxygen atoms in total. The van der Waals surface area contributed by atoms with Crippen LogP contribution in [0.15, 0.2) is 30.3 Å². The van der Waals surface area contributed by atoms with Gasteiger partial charge in [0.1, 0.15) is 5.60 Å². The highest BCUT2D eigenvalue weighted by Gasteiger charge is 2.33. The first-order valence-corrected chi connectivity index (χ1v) is 6.77. The Labute approximate surface area is 109 Å². The molecule has 1 atom stereocenters. The Balaban J connectivity index is 1.97. The quantitative estimate of drug-likeness (QED) is 0.810. The summed E-state index contributed by atoms with van der Waals surface area (Å²) in [4.78, 5) is 2.44. The number of nitrogens with zero attached hydrogens (tertiary/aromatic N) is 1. The van der Waals surface area contributed by atoms with Gasteiger partial charge in [-0.1, -0.05) is 30.3 Å². The number of ether oxygens (including phenoxy) is 1. The van der Waals surface area contributed by atoms with Crippen molar-refractivity contribution >= 4 is 0 Å². The van der Waals surface area contributed by atoms with E-state index >= 15 is 0 Å². The van der Waals surface area contributed by atoms with Crippen LogP contribution in [-0.2, 0) is 10.3 Å². The van der Waals surface area contributed by atoms with E-state index < -0.39 is 0 Å². The molecular weight excluding hydrogens is 226 g/mol. The zero-order valence-electron chi connectivity index (χ0n) is 11.1. The van der Waals surface area contributed by atoms with E-state index in [4.69, 9.17) is 9.84 Å². The van der Waals surface area contributed by atoms with Crippen LogP contribution in [0.4, 0.5) is 0 Å². The van der Waals surface area contributed by atoms with Crippen LogP contribution in [-0.4, -0.2) is 42.9 Å². The molecule has 0 spiro atoms. The van der Waals surface area contributed by atoms with Gasteiger partial charge in [-0.25, -0.2) is 0 Å². The van der Waals surface area contributed by atoms with Gasteiger partial charge in [-0.3, -0.25) is 4.90 Å². The maximum Gasteiger partial charge on any atom is 0.103 e. The van der Waals surface area contributed by atoms with Crippen molar-refractivity contribution in [3.8, 4) is 0 Å². The average Bonchev–Trinajstić information content (AvgIpc) is 2.40. The van der Waals surface area contributed by atoms with Crippen LogP contribution in [0.1, 0.15) is 25.3 Å². The standard InChI is InChI=1S/C15H23NO2/c1-15(14-7-3-2-4-8-14)13-16(10-12-18-15)9-5-6-11-17/h2-4,7-8,17H,5-6,9-13H2,1H3. The minimum atomic E-state index is -0.196. The molecule has 1 aliphatic rings. The number of rotatable bonds is 5. The third-order valence-electron chi connectivity index (χ3n) is 3.62. The van der Waals surface area contributed by atoms with Crippen molar-refractivity contribution in [3.05, 3.63) is 35.9 Å². The van der Waals surface area contributed by atoms with Crippen LogP contribution in [0.3, 0.4) is 0 Å². The number of aliphatic hydroxyl groups is 1. The van der Waals surface area contributed by atoms with Gasteiger partial charge in [-0.05, 0) is 31.9 Å². The monoisotopic (exact) mass is 249 g/mol. The molecule has 3 heteroatoms. The fourth-order valence-electron chi connectivity index (χ4n) is 2.55.